The summed E-state index contributed by atoms with van der Waals surface area (Å²) in [6, 6.07) is 82.5. The Morgan fingerprint density at radius 3 is 1.69 bits per heavy atom. The van der Waals surface area contributed by atoms with Crippen LogP contribution in [0.4, 0.5) is 22.7 Å². The molecule has 12 aromatic rings. The Hall–Kier alpha value is -8.44. The number of pyridine rings is 1. The van der Waals surface area contributed by atoms with Gasteiger partial charge in [-0.05, 0) is 116 Å². The van der Waals surface area contributed by atoms with Crippen molar-refractivity contribution in [2.45, 2.75) is 52.4 Å². The Kier molecular flexibility index (Phi) is 12.6. The molecule has 3 aromatic heterocycles. The number of aromatic nitrogens is 2. The number of benzene rings is 9. The topological polar surface area (TPSA) is 46.7 Å². The van der Waals surface area contributed by atoms with Crippen molar-refractivity contribution in [1.29, 1.82) is 0 Å². The molecule has 0 aliphatic carbocycles. The second-order valence-corrected chi connectivity index (χ2v) is 21.8. The standard InChI is InChI=1S/C70H55N4O2.Pt/c1-69(2,3)52-36-37-71-65(42-52)74-63-44-56(34-35-57(63)68-67(74)58-30-13-16-33-64(58)76-68)75-55-29-19-28-54(43-55)72-45-73(62-32-15-14-31-61(62)72)66-59(50-26-17-24-48(38-50)46-20-9-7-10-21-46)40-53(70(4,5)6)41-60(66)51-27-18-25-49(39-51)47-22-11-8-12-23-47;/h7-42,45H,1-6H3;/q-3;. The van der Waals surface area contributed by atoms with E-state index in [1.54, 1.807) is 0 Å². The van der Waals surface area contributed by atoms with Gasteiger partial charge < -0.3 is 23.5 Å². The number of para-hydroxylation sites is 3. The molecule has 4 heterocycles. The van der Waals surface area contributed by atoms with Crippen LogP contribution < -0.4 is 14.5 Å². The maximum atomic E-state index is 6.78. The first-order valence-corrected chi connectivity index (χ1v) is 26.0. The second-order valence-electron chi connectivity index (χ2n) is 21.8. The normalized spacial score (nSPS) is 12.6. The second kappa shape index (κ2) is 19.6. The molecular formula is C70H55N4O2Pt-3. The minimum Gasteiger partial charge on any atom is -0.509 e. The van der Waals surface area contributed by atoms with Crippen LogP contribution in [0.2, 0.25) is 0 Å². The fourth-order valence-corrected chi connectivity index (χ4v) is 10.7. The molecule has 0 unspecified atom stereocenters. The van der Waals surface area contributed by atoms with E-state index in [4.69, 9.17) is 14.1 Å². The van der Waals surface area contributed by atoms with Gasteiger partial charge in [0.25, 0.3) is 0 Å². The van der Waals surface area contributed by atoms with E-state index in [0.717, 1.165) is 94.9 Å². The zero-order valence-electron chi connectivity index (χ0n) is 43.8. The van der Waals surface area contributed by atoms with Gasteiger partial charge in [0, 0.05) is 72.3 Å². The van der Waals surface area contributed by atoms with Gasteiger partial charge in [-0.3, -0.25) is 0 Å². The number of furan rings is 1. The molecular weight excluding hydrogens is 1120 g/mol. The average molecular weight is 1180 g/mol. The van der Waals surface area contributed by atoms with Gasteiger partial charge >= 0.3 is 0 Å². The smallest absolute Gasteiger partial charge is 0.136 e. The number of nitrogens with zero attached hydrogens (tertiary/aromatic N) is 4. The van der Waals surface area contributed by atoms with Crippen molar-refractivity contribution in [3.05, 3.63) is 248 Å². The first-order chi connectivity index (χ1) is 36.9. The Balaban J connectivity index is 0.00000596. The first-order valence-electron chi connectivity index (χ1n) is 26.0. The van der Waals surface area contributed by atoms with E-state index in [1.807, 2.05) is 42.6 Å². The quantitative estimate of drug-likeness (QED) is 0.135. The predicted octanol–water partition coefficient (Wildman–Crippen LogP) is 19.0. The van der Waals surface area contributed by atoms with E-state index in [0.29, 0.717) is 11.5 Å². The summed E-state index contributed by atoms with van der Waals surface area (Å²) in [4.78, 5) is 9.52. The van der Waals surface area contributed by atoms with E-state index in [-0.39, 0.29) is 31.9 Å². The molecule has 0 amide bonds. The van der Waals surface area contributed by atoms with Crippen molar-refractivity contribution in [3.63, 3.8) is 0 Å². The maximum Gasteiger partial charge on any atom is 0.136 e. The van der Waals surface area contributed by atoms with E-state index >= 15 is 0 Å². The molecule has 0 saturated heterocycles. The van der Waals surface area contributed by atoms with E-state index < -0.39 is 0 Å². The molecule has 0 radical (unpaired) electrons. The molecule has 0 N–H and O–H groups in total. The molecule has 1 aliphatic rings. The number of anilines is 4. The average Bonchev–Trinajstić information content (AvgIpc) is 4.27. The minimum absolute atomic E-state index is 0. The van der Waals surface area contributed by atoms with Gasteiger partial charge in [0.1, 0.15) is 17.0 Å². The van der Waals surface area contributed by atoms with Gasteiger partial charge in [0.2, 0.25) is 0 Å². The van der Waals surface area contributed by atoms with Gasteiger partial charge in [-0.2, -0.15) is 12.1 Å². The molecule has 0 saturated carbocycles. The van der Waals surface area contributed by atoms with E-state index in [1.165, 1.54) is 22.3 Å². The molecule has 77 heavy (non-hydrogen) atoms. The summed E-state index contributed by atoms with van der Waals surface area (Å²) in [7, 11) is 0. The molecule has 1 aliphatic heterocycles. The summed E-state index contributed by atoms with van der Waals surface area (Å²) < 4.78 is 15.5. The minimum atomic E-state index is -0.150. The fraction of sp³-hybridized carbons (Fsp3) is 0.114. The van der Waals surface area contributed by atoms with Crippen LogP contribution in [0.1, 0.15) is 52.7 Å². The van der Waals surface area contributed by atoms with Crippen molar-refractivity contribution in [2.24, 2.45) is 0 Å². The van der Waals surface area contributed by atoms with Crippen LogP contribution in [-0.2, 0) is 31.9 Å². The Labute approximate surface area is 465 Å². The third-order valence-electron chi connectivity index (χ3n) is 14.6. The molecule has 0 bridgehead atoms. The third kappa shape index (κ3) is 9.11. The number of ether oxygens (including phenoxy) is 1. The van der Waals surface area contributed by atoms with E-state index in [2.05, 4.69) is 251 Å². The van der Waals surface area contributed by atoms with Gasteiger partial charge in [0.05, 0.1) is 5.52 Å². The molecule has 0 spiro atoms. The van der Waals surface area contributed by atoms with Crippen molar-refractivity contribution >= 4 is 55.7 Å². The van der Waals surface area contributed by atoms with Crippen LogP contribution in [0.5, 0.6) is 11.5 Å². The number of fused-ring (bicyclic) bond motifs is 6. The van der Waals surface area contributed by atoms with Crippen LogP contribution in [0, 0.1) is 18.8 Å². The van der Waals surface area contributed by atoms with Crippen LogP contribution >= 0.6 is 0 Å². The Morgan fingerprint density at radius 1 is 0.481 bits per heavy atom. The van der Waals surface area contributed by atoms with Crippen LogP contribution in [-0.4, -0.2) is 9.55 Å². The first kappa shape index (κ1) is 49.4. The van der Waals surface area contributed by atoms with Crippen molar-refractivity contribution in [1.82, 2.24) is 9.55 Å². The third-order valence-corrected chi connectivity index (χ3v) is 14.6. The molecule has 0 atom stereocenters. The summed E-state index contributed by atoms with van der Waals surface area (Å²) in [5, 5.41) is 1.94. The number of hydrogen-bond acceptors (Lipinski definition) is 5. The molecule has 9 aromatic carbocycles. The van der Waals surface area contributed by atoms with Crippen LogP contribution in [0.15, 0.2) is 223 Å². The number of rotatable bonds is 9. The monoisotopic (exact) mass is 1180 g/mol. The SMILES string of the molecule is CC(C)(C)c1ccnc(-n2c3[c-]c(Oc4[c-]c(N5[CH-]N(c6c(-c7cccc(-c8ccccc8)c7)cc(C(C)(C)C)cc6-c6cccc(-c7ccccc7)c6)c6ccccc65)ccc4)ccc3c3oc4ccccc4c32)c1.[Pt]. The Morgan fingerprint density at radius 2 is 1.04 bits per heavy atom. The zero-order chi connectivity index (χ0) is 51.7. The van der Waals surface area contributed by atoms with Crippen molar-refractivity contribution in [2.75, 3.05) is 9.80 Å². The fourth-order valence-electron chi connectivity index (χ4n) is 10.7. The predicted molar refractivity (Wildman–Crippen MR) is 313 cm³/mol. The molecule has 13 rings (SSSR count). The van der Waals surface area contributed by atoms with Gasteiger partial charge in [-0.25, -0.2) is 4.98 Å². The summed E-state index contributed by atoms with van der Waals surface area (Å²) in [5.41, 5.74) is 18.8. The van der Waals surface area contributed by atoms with Gasteiger partial charge in [0.15, 0.2) is 0 Å². The van der Waals surface area contributed by atoms with E-state index in [9.17, 15) is 0 Å². The molecule has 0 fully saturated rings. The van der Waals surface area contributed by atoms with Crippen LogP contribution in [0.25, 0.3) is 83.3 Å². The summed E-state index contributed by atoms with van der Waals surface area (Å²) in [5.74, 6) is 1.90. The summed E-state index contributed by atoms with van der Waals surface area (Å²) in [6.45, 7) is 15.8. The summed E-state index contributed by atoms with van der Waals surface area (Å²) >= 11 is 0. The van der Waals surface area contributed by atoms with Crippen LogP contribution in [0.3, 0.4) is 0 Å². The molecule has 6 nitrogen and oxygen atoms in total. The molecule has 380 valence electrons. The summed E-state index contributed by atoms with van der Waals surface area (Å²) in [6.07, 6.45) is 1.89. The van der Waals surface area contributed by atoms with Crippen molar-refractivity contribution in [3.8, 4) is 61.8 Å². The molecule has 7 heteroatoms. The van der Waals surface area contributed by atoms with Gasteiger partial charge in [-0.1, -0.05) is 174 Å². The zero-order valence-corrected chi connectivity index (χ0v) is 46.1. The van der Waals surface area contributed by atoms with Crippen molar-refractivity contribution < 1.29 is 30.2 Å². The van der Waals surface area contributed by atoms with Gasteiger partial charge in [-0.15, -0.1) is 42.7 Å². The maximum absolute atomic E-state index is 6.78. The largest absolute Gasteiger partial charge is 0.509 e. The Bertz CT molecular complexity index is 4060. The number of hydrogen-bond donors (Lipinski definition) is 0.